The Morgan fingerprint density at radius 2 is 1.88 bits per heavy atom. The van der Waals surface area contributed by atoms with E-state index in [9.17, 15) is 9.90 Å². The number of aliphatic carboxylic acids is 1. The van der Waals surface area contributed by atoms with Crippen LogP contribution in [0, 0.1) is 6.92 Å². The number of rotatable bonds is 5. The van der Waals surface area contributed by atoms with Gasteiger partial charge in [-0.2, -0.15) is 0 Å². The van der Waals surface area contributed by atoms with E-state index in [1.807, 2.05) is 73.7 Å². The molecule has 2 unspecified atom stereocenters. The van der Waals surface area contributed by atoms with E-state index in [2.05, 4.69) is 10.3 Å². The molecule has 32 heavy (non-hydrogen) atoms. The number of hydrogen-bond acceptors (Lipinski definition) is 3. The highest BCUT2D eigenvalue weighted by molar-refractivity contribution is 6.30. The van der Waals surface area contributed by atoms with Crippen molar-refractivity contribution >= 4 is 28.5 Å². The number of para-hydroxylation sites is 1. The molecule has 0 radical (unpaired) electrons. The number of nitrogens with one attached hydrogen (secondary N) is 2. The highest BCUT2D eigenvalue weighted by atomic mass is 35.5. The van der Waals surface area contributed by atoms with Gasteiger partial charge < -0.3 is 14.8 Å². The van der Waals surface area contributed by atoms with Crippen molar-refractivity contribution in [1.29, 1.82) is 0 Å². The van der Waals surface area contributed by atoms with Crippen LogP contribution in [0.25, 0.3) is 10.9 Å². The first kappa shape index (κ1) is 20.6. The molecule has 1 aliphatic rings. The number of aromatic amines is 1. The molecule has 0 saturated heterocycles. The molecular formula is C26H23ClN2O3. The average Bonchev–Trinajstić information content (AvgIpc) is 3.17. The number of carboxylic acid groups (broad SMARTS) is 1. The molecule has 3 aromatic carbocycles. The fraction of sp³-hybridized carbons (Fsp3) is 0.192. The summed E-state index contributed by atoms with van der Waals surface area (Å²) in [5, 5.41) is 14.8. The first-order valence-corrected chi connectivity index (χ1v) is 10.9. The Bertz CT molecular complexity index is 1300. The van der Waals surface area contributed by atoms with Crippen molar-refractivity contribution in [2.75, 3.05) is 0 Å². The van der Waals surface area contributed by atoms with Crippen LogP contribution in [-0.4, -0.2) is 22.1 Å². The number of carbonyl (C=O) groups is 1. The molecule has 1 aliphatic heterocycles. The van der Waals surface area contributed by atoms with Gasteiger partial charge in [0.2, 0.25) is 0 Å². The van der Waals surface area contributed by atoms with Gasteiger partial charge in [-0.05, 0) is 41.8 Å². The first-order chi connectivity index (χ1) is 15.5. The summed E-state index contributed by atoms with van der Waals surface area (Å²) in [7, 11) is 0. The van der Waals surface area contributed by atoms with Crippen molar-refractivity contribution in [3.8, 4) is 5.75 Å². The van der Waals surface area contributed by atoms with Gasteiger partial charge >= 0.3 is 5.97 Å². The van der Waals surface area contributed by atoms with Crippen LogP contribution in [0.2, 0.25) is 5.02 Å². The van der Waals surface area contributed by atoms with E-state index in [1.165, 1.54) is 0 Å². The zero-order chi connectivity index (χ0) is 22.2. The summed E-state index contributed by atoms with van der Waals surface area (Å²) in [6, 6.07) is 20.6. The van der Waals surface area contributed by atoms with Gasteiger partial charge in [0.15, 0.2) is 0 Å². The number of aryl methyl sites for hydroxylation is 1. The molecule has 3 N–H and O–H groups in total. The van der Waals surface area contributed by atoms with Gasteiger partial charge in [-0.3, -0.25) is 10.1 Å². The standard InChI is InChI=1S/C26H23ClN2O3/c1-15-11-17(27)12-20(25(15)32-14-16-7-3-2-4-8-16)24-23-19(13-22(29-24)26(30)31)18-9-5-6-10-21(18)28-23/h2-12,22,24,28-29H,13-14H2,1H3,(H,30,31). The quantitative estimate of drug-likeness (QED) is 0.384. The van der Waals surface area contributed by atoms with E-state index in [0.29, 0.717) is 23.8 Å². The lowest BCUT2D eigenvalue weighted by molar-refractivity contribution is -0.139. The van der Waals surface area contributed by atoms with Crippen LogP contribution in [0.1, 0.15) is 34.0 Å². The molecule has 1 aromatic heterocycles. The second kappa shape index (κ2) is 8.34. The predicted octanol–water partition coefficient (Wildman–Crippen LogP) is 5.40. The van der Waals surface area contributed by atoms with Gasteiger partial charge in [0.1, 0.15) is 18.4 Å². The van der Waals surface area contributed by atoms with Crippen molar-refractivity contribution in [1.82, 2.24) is 10.3 Å². The van der Waals surface area contributed by atoms with E-state index >= 15 is 0 Å². The van der Waals surface area contributed by atoms with Crippen molar-refractivity contribution < 1.29 is 14.6 Å². The highest BCUT2D eigenvalue weighted by Gasteiger charge is 2.35. The van der Waals surface area contributed by atoms with Crippen molar-refractivity contribution in [2.24, 2.45) is 0 Å². The molecule has 4 aromatic rings. The summed E-state index contributed by atoms with van der Waals surface area (Å²) in [6.07, 6.45) is 0.408. The molecule has 0 bridgehead atoms. The number of halogens is 1. The van der Waals surface area contributed by atoms with Gasteiger partial charge in [-0.1, -0.05) is 60.1 Å². The third-order valence-corrected chi connectivity index (χ3v) is 6.23. The van der Waals surface area contributed by atoms with Crippen LogP contribution in [-0.2, 0) is 17.8 Å². The van der Waals surface area contributed by atoms with Crippen LogP contribution >= 0.6 is 11.6 Å². The Balaban J connectivity index is 1.62. The third-order valence-electron chi connectivity index (χ3n) is 6.01. The molecule has 5 nitrogen and oxygen atoms in total. The molecule has 0 spiro atoms. The molecule has 6 heteroatoms. The van der Waals surface area contributed by atoms with E-state index in [-0.39, 0.29) is 0 Å². The topological polar surface area (TPSA) is 74.4 Å². The molecule has 0 fully saturated rings. The second-order valence-electron chi connectivity index (χ2n) is 8.17. The Morgan fingerprint density at radius 3 is 2.66 bits per heavy atom. The number of fused-ring (bicyclic) bond motifs is 3. The molecule has 2 heterocycles. The van der Waals surface area contributed by atoms with Crippen LogP contribution in [0.15, 0.2) is 66.7 Å². The minimum atomic E-state index is -0.878. The largest absolute Gasteiger partial charge is 0.488 e. The zero-order valence-corrected chi connectivity index (χ0v) is 18.3. The van der Waals surface area contributed by atoms with E-state index in [0.717, 1.165) is 38.9 Å². The van der Waals surface area contributed by atoms with Gasteiger partial charge in [0, 0.05) is 33.6 Å². The fourth-order valence-corrected chi connectivity index (χ4v) is 4.82. The summed E-state index contributed by atoms with van der Waals surface area (Å²) >= 11 is 6.45. The maximum absolute atomic E-state index is 12.0. The van der Waals surface area contributed by atoms with Gasteiger partial charge in [-0.25, -0.2) is 0 Å². The third kappa shape index (κ3) is 3.74. The normalized spacial score (nSPS) is 17.8. The average molecular weight is 447 g/mol. The monoisotopic (exact) mass is 446 g/mol. The number of benzene rings is 3. The van der Waals surface area contributed by atoms with E-state index in [1.54, 1.807) is 0 Å². The summed E-state index contributed by atoms with van der Waals surface area (Å²) in [5.41, 5.74) is 5.74. The lowest BCUT2D eigenvalue weighted by Gasteiger charge is -2.31. The second-order valence-corrected chi connectivity index (χ2v) is 8.61. The van der Waals surface area contributed by atoms with Crippen molar-refractivity contribution in [3.63, 3.8) is 0 Å². The predicted molar refractivity (Wildman–Crippen MR) is 125 cm³/mol. The summed E-state index contributed by atoms with van der Waals surface area (Å²) in [5.74, 6) is -0.164. The van der Waals surface area contributed by atoms with Crippen LogP contribution in [0.3, 0.4) is 0 Å². The van der Waals surface area contributed by atoms with Crippen molar-refractivity contribution in [3.05, 3.63) is 99.7 Å². The Labute approximate surface area is 191 Å². The maximum Gasteiger partial charge on any atom is 0.321 e. The minimum absolute atomic E-state index is 0.393. The molecule has 0 aliphatic carbocycles. The van der Waals surface area contributed by atoms with Crippen LogP contribution < -0.4 is 10.1 Å². The zero-order valence-electron chi connectivity index (χ0n) is 17.6. The highest BCUT2D eigenvalue weighted by Crippen LogP contribution is 2.41. The lowest BCUT2D eigenvalue weighted by atomic mass is 9.89. The van der Waals surface area contributed by atoms with E-state index in [4.69, 9.17) is 16.3 Å². The first-order valence-electron chi connectivity index (χ1n) is 10.6. The number of hydrogen-bond donors (Lipinski definition) is 3. The number of aromatic nitrogens is 1. The molecule has 5 rings (SSSR count). The lowest BCUT2D eigenvalue weighted by Crippen LogP contribution is -2.45. The maximum atomic E-state index is 12.0. The number of ether oxygens (including phenoxy) is 1. The van der Waals surface area contributed by atoms with Gasteiger partial charge in [-0.15, -0.1) is 0 Å². The fourth-order valence-electron chi connectivity index (χ4n) is 4.54. The van der Waals surface area contributed by atoms with Crippen LogP contribution in [0.4, 0.5) is 0 Å². The number of H-pyrrole nitrogens is 1. The van der Waals surface area contributed by atoms with Crippen molar-refractivity contribution in [2.45, 2.75) is 32.0 Å². The molecular weight excluding hydrogens is 424 g/mol. The molecule has 2 atom stereocenters. The smallest absolute Gasteiger partial charge is 0.321 e. The summed E-state index contributed by atoms with van der Waals surface area (Å²) < 4.78 is 6.29. The summed E-state index contributed by atoms with van der Waals surface area (Å²) in [6.45, 7) is 2.37. The Kier molecular flexibility index (Phi) is 5.37. The SMILES string of the molecule is Cc1cc(Cl)cc(C2NC(C(=O)O)Cc3c2[nH]c2ccccc32)c1OCc1ccccc1. The minimum Gasteiger partial charge on any atom is -0.488 e. The van der Waals surface area contributed by atoms with Gasteiger partial charge in [0.05, 0.1) is 6.04 Å². The van der Waals surface area contributed by atoms with Gasteiger partial charge in [0.25, 0.3) is 0 Å². The summed E-state index contributed by atoms with van der Waals surface area (Å²) in [4.78, 5) is 15.5. The Morgan fingerprint density at radius 1 is 1.12 bits per heavy atom. The molecule has 0 saturated carbocycles. The van der Waals surface area contributed by atoms with Crippen LogP contribution in [0.5, 0.6) is 5.75 Å². The van der Waals surface area contributed by atoms with E-state index < -0.39 is 18.1 Å². The molecule has 162 valence electrons. The number of carboxylic acids is 1. The molecule has 0 amide bonds. The Hall–Kier alpha value is -3.28.